The van der Waals surface area contributed by atoms with Crippen LogP contribution >= 0.6 is 0 Å². The molecule has 1 aromatic carbocycles. The van der Waals surface area contributed by atoms with Crippen LogP contribution in [0.4, 0.5) is 5.69 Å². The van der Waals surface area contributed by atoms with Gasteiger partial charge in [0.15, 0.2) is 5.84 Å². The summed E-state index contributed by atoms with van der Waals surface area (Å²) in [5.74, 6) is -0.360. The number of anilines is 1. The number of carbonyl (C=O) groups excluding carboxylic acids is 1. The number of aryl methyl sites for hydroxylation is 2. The van der Waals surface area contributed by atoms with Crippen molar-refractivity contribution in [3.8, 4) is 0 Å². The number of nitrogens with zero attached hydrogens (tertiary/aromatic N) is 1. The average molecular weight is 263 g/mol. The number of hydrogen-bond donors (Lipinski definition) is 3. The Bertz CT molecular complexity index is 491. The number of benzene rings is 1. The molecule has 0 saturated carbocycles. The molecule has 1 aromatic rings. The van der Waals surface area contributed by atoms with Crippen LogP contribution in [0, 0.1) is 19.3 Å². The van der Waals surface area contributed by atoms with Crippen LogP contribution in [0.2, 0.25) is 0 Å². The van der Waals surface area contributed by atoms with Gasteiger partial charge in [0, 0.05) is 5.69 Å². The van der Waals surface area contributed by atoms with E-state index in [0.29, 0.717) is 6.42 Å². The fraction of sp³-hybridized carbons (Fsp3) is 0.429. The molecular weight excluding hydrogens is 242 g/mol. The lowest BCUT2D eigenvalue weighted by atomic mass is 9.85. The smallest absolute Gasteiger partial charge is 0.238 e. The predicted octanol–water partition coefficient (Wildman–Crippen LogP) is 2.40. The molecule has 0 saturated heterocycles. The summed E-state index contributed by atoms with van der Waals surface area (Å²) in [6.07, 6.45) is 0.444. The molecule has 1 rings (SSSR count). The number of carbonyl (C=O) groups is 1. The Morgan fingerprint density at radius 2 is 1.95 bits per heavy atom. The summed E-state index contributed by atoms with van der Waals surface area (Å²) < 4.78 is 0. The second-order valence-electron chi connectivity index (χ2n) is 4.89. The zero-order chi connectivity index (χ0) is 14.6. The molecule has 0 aliphatic carbocycles. The third-order valence-corrected chi connectivity index (χ3v) is 3.60. The highest BCUT2D eigenvalue weighted by atomic mass is 16.4. The third-order valence-electron chi connectivity index (χ3n) is 3.60. The first-order chi connectivity index (χ1) is 8.86. The van der Waals surface area contributed by atoms with E-state index in [-0.39, 0.29) is 11.7 Å². The Morgan fingerprint density at radius 3 is 2.37 bits per heavy atom. The van der Waals surface area contributed by atoms with Gasteiger partial charge in [0.25, 0.3) is 0 Å². The van der Waals surface area contributed by atoms with Crippen molar-refractivity contribution in [2.75, 3.05) is 5.32 Å². The Hall–Kier alpha value is -2.04. The standard InChI is InChI=1S/C14H21N3O2/c1-5-14(4,12(15)17-19)13(18)16-11-9(2)7-6-8-10(11)3/h6-8,19H,5H2,1-4H3,(H2,15,17)(H,16,18). The van der Waals surface area contributed by atoms with Gasteiger partial charge in [-0.3, -0.25) is 4.79 Å². The van der Waals surface area contributed by atoms with Gasteiger partial charge < -0.3 is 16.3 Å². The Morgan fingerprint density at radius 1 is 1.42 bits per heavy atom. The zero-order valence-corrected chi connectivity index (χ0v) is 11.8. The van der Waals surface area contributed by atoms with Crippen LogP contribution in [0.5, 0.6) is 0 Å². The molecule has 5 heteroatoms. The maximum absolute atomic E-state index is 12.4. The molecule has 19 heavy (non-hydrogen) atoms. The van der Waals surface area contributed by atoms with Crippen molar-refractivity contribution < 1.29 is 10.0 Å². The Balaban J connectivity index is 3.09. The van der Waals surface area contributed by atoms with E-state index in [2.05, 4.69) is 10.5 Å². The lowest BCUT2D eigenvalue weighted by Gasteiger charge is -2.26. The molecule has 0 bridgehead atoms. The monoisotopic (exact) mass is 263 g/mol. The van der Waals surface area contributed by atoms with Crippen molar-refractivity contribution in [1.82, 2.24) is 0 Å². The average Bonchev–Trinajstić information content (AvgIpc) is 2.40. The molecule has 0 fully saturated rings. The Labute approximate surface area is 113 Å². The second-order valence-corrected chi connectivity index (χ2v) is 4.89. The highest BCUT2D eigenvalue weighted by Crippen LogP contribution is 2.26. The van der Waals surface area contributed by atoms with Crippen LogP contribution in [0.1, 0.15) is 31.4 Å². The molecule has 104 valence electrons. The van der Waals surface area contributed by atoms with Crippen molar-refractivity contribution >= 4 is 17.4 Å². The van der Waals surface area contributed by atoms with Gasteiger partial charge in [-0.15, -0.1) is 0 Å². The summed E-state index contributed by atoms with van der Waals surface area (Å²) in [7, 11) is 0. The van der Waals surface area contributed by atoms with E-state index in [1.807, 2.05) is 39.0 Å². The van der Waals surface area contributed by atoms with Crippen LogP contribution in [0.15, 0.2) is 23.4 Å². The molecule has 0 spiro atoms. The third kappa shape index (κ3) is 2.86. The molecule has 1 unspecified atom stereocenters. The SMILES string of the molecule is CCC(C)(C(=O)Nc1c(C)cccc1C)/C(N)=N/O. The lowest BCUT2D eigenvalue weighted by molar-refractivity contribution is -0.121. The minimum Gasteiger partial charge on any atom is -0.409 e. The van der Waals surface area contributed by atoms with Gasteiger partial charge in [-0.05, 0) is 38.3 Å². The summed E-state index contributed by atoms with van der Waals surface area (Å²) in [5, 5.41) is 14.7. The summed E-state index contributed by atoms with van der Waals surface area (Å²) in [5.41, 5.74) is 7.34. The number of amidine groups is 1. The van der Waals surface area contributed by atoms with Crippen molar-refractivity contribution in [1.29, 1.82) is 0 Å². The molecule has 0 radical (unpaired) electrons. The minimum atomic E-state index is -1.02. The van der Waals surface area contributed by atoms with Gasteiger partial charge in [0.05, 0.1) is 0 Å². The first-order valence-corrected chi connectivity index (χ1v) is 6.22. The predicted molar refractivity (Wildman–Crippen MR) is 76.4 cm³/mol. The van der Waals surface area contributed by atoms with Crippen LogP contribution in [0.25, 0.3) is 0 Å². The molecule has 1 atom stereocenters. The molecule has 0 aliphatic rings. The largest absolute Gasteiger partial charge is 0.409 e. The van der Waals surface area contributed by atoms with Gasteiger partial charge in [0.1, 0.15) is 5.41 Å². The number of nitrogens with two attached hydrogens (primary N) is 1. The number of nitrogens with one attached hydrogen (secondary N) is 1. The number of para-hydroxylation sites is 1. The quantitative estimate of drug-likeness (QED) is 0.337. The highest BCUT2D eigenvalue weighted by Gasteiger charge is 2.36. The van der Waals surface area contributed by atoms with E-state index in [9.17, 15) is 4.79 Å². The van der Waals surface area contributed by atoms with Gasteiger partial charge in [-0.2, -0.15) is 0 Å². The first kappa shape index (κ1) is 15.0. The summed E-state index contributed by atoms with van der Waals surface area (Å²) in [4.78, 5) is 12.4. The van der Waals surface area contributed by atoms with Crippen molar-refractivity contribution in [3.05, 3.63) is 29.3 Å². The number of hydrogen-bond acceptors (Lipinski definition) is 3. The number of oxime groups is 1. The second kappa shape index (κ2) is 5.73. The summed E-state index contributed by atoms with van der Waals surface area (Å²) in [6, 6.07) is 5.79. The fourth-order valence-corrected chi connectivity index (χ4v) is 1.83. The van der Waals surface area contributed by atoms with E-state index >= 15 is 0 Å². The molecule has 0 aromatic heterocycles. The van der Waals surface area contributed by atoms with Crippen molar-refractivity contribution in [2.24, 2.45) is 16.3 Å². The molecular formula is C14H21N3O2. The lowest BCUT2D eigenvalue weighted by Crippen LogP contribution is -2.44. The zero-order valence-electron chi connectivity index (χ0n) is 11.8. The summed E-state index contributed by atoms with van der Waals surface area (Å²) >= 11 is 0. The van der Waals surface area contributed by atoms with Gasteiger partial charge >= 0.3 is 0 Å². The van der Waals surface area contributed by atoms with E-state index in [1.54, 1.807) is 6.92 Å². The molecule has 0 heterocycles. The van der Waals surface area contributed by atoms with E-state index in [0.717, 1.165) is 16.8 Å². The van der Waals surface area contributed by atoms with Crippen molar-refractivity contribution in [2.45, 2.75) is 34.1 Å². The normalized spacial score (nSPS) is 14.8. The first-order valence-electron chi connectivity index (χ1n) is 6.22. The van der Waals surface area contributed by atoms with Crippen molar-refractivity contribution in [3.63, 3.8) is 0 Å². The van der Waals surface area contributed by atoms with Gasteiger partial charge in [0.2, 0.25) is 5.91 Å². The molecule has 5 nitrogen and oxygen atoms in total. The number of amides is 1. The van der Waals surface area contributed by atoms with Crippen LogP contribution in [-0.4, -0.2) is 17.0 Å². The van der Waals surface area contributed by atoms with E-state index in [1.165, 1.54) is 0 Å². The maximum Gasteiger partial charge on any atom is 0.238 e. The maximum atomic E-state index is 12.4. The molecule has 1 amide bonds. The van der Waals surface area contributed by atoms with Crippen LogP contribution < -0.4 is 11.1 Å². The molecule has 4 N–H and O–H groups in total. The van der Waals surface area contributed by atoms with Crippen LogP contribution in [0.3, 0.4) is 0 Å². The molecule has 0 aliphatic heterocycles. The summed E-state index contributed by atoms with van der Waals surface area (Å²) in [6.45, 7) is 7.33. The van der Waals surface area contributed by atoms with Gasteiger partial charge in [-0.1, -0.05) is 30.3 Å². The van der Waals surface area contributed by atoms with Crippen LogP contribution in [-0.2, 0) is 4.79 Å². The highest BCUT2D eigenvalue weighted by molar-refractivity contribution is 6.11. The van der Waals surface area contributed by atoms with Gasteiger partial charge in [-0.25, -0.2) is 0 Å². The fourth-order valence-electron chi connectivity index (χ4n) is 1.83. The Kier molecular flexibility index (Phi) is 4.53. The van der Waals surface area contributed by atoms with E-state index < -0.39 is 5.41 Å². The van der Waals surface area contributed by atoms with E-state index in [4.69, 9.17) is 10.9 Å². The minimum absolute atomic E-state index is 0.0845. The topological polar surface area (TPSA) is 87.7 Å². The number of rotatable bonds is 4.